The number of alkyl carbamates (subject to hydrolysis) is 1. The highest BCUT2D eigenvalue weighted by Crippen LogP contribution is 2.27. The van der Waals surface area contributed by atoms with Gasteiger partial charge in [-0.05, 0) is 23.6 Å². The number of halogens is 2. The molecule has 1 aromatic heterocycles. The summed E-state index contributed by atoms with van der Waals surface area (Å²) < 4.78 is 32.4. The van der Waals surface area contributed by atoms with Crippen LogP contribution in [0.3, 0.4) is 0 Å². The van der Waals surface area contributed by atoms with Crippen LogP contribution in [0.4, 0.5) is 13.6 Å². The molecule has 0 spiro atoms. The van der Waals surface area contributed by atoms with Gasteiger partial charge in [-0.3, -0.25) is 0 Å². The molecule has 7 heteroatoms. The quantitative estimate of drug-likeness (QED) is 0.519. The van der Waals surface area contributed by atoms with Gasteiger partial charge in [-0.2, -0.15) is 0 Å². The van der Waals surface area contributed by atoms with E-state index in [1.807, 2.05) is 19.1 Å². The highest BCUT2D eigenvalue weighted by Gasteiger charge is 2.10. The van der Waals surface area contributed by atoms with Crippen molar-refractivity contribution in [1.82, 2.24) is 15.3 Å². The monoisotopic (exact) mass is 399 g/mol. The summed E-state index contributed by atoms with van der Waals surface area (Å²) >= 11 is 0. The Kier molecular flexibility index (Phi) is 6.94. The number of benzene rings is 2. The van der Waals surface area contributed by atoms with Crippen molar-refractivity contribution in [3.8, 4) is 22.4 Å². The summed E-state index contributed by atoms with van der Waals surface area (Å²) in [7, 11) is 0. The number of hydrogen-bond acceptors (Lipinski definition) is 3. The van der Waals surface area contributed by atoms with Gasteiger partial charge in [-0.1, -0.05) is 49.7 Å². The van der Waals surface area contributed by atoms with Crippen LogP contribution >= 0.6 is 0 Å². The number of imidazole rings is 1. The van der Waals surface area contributed by atoms with Crippen molar-refractivity contribution in [2.24, 2.45) is 0 Å². The summed E-state index contributed by atoms with van der Waals surface area (Å²) in [6, 6.07) is 11.2. The number of nitrogens with zero attached hydrogens (tertiary/aromatic N) is 1. The third-order valence-electron chi connectivity index (χ3n) is 4.45. The zero-order valence-corrected chi connectivity index (χ0v) is 16.2. The van der Waals surface area contributed by atoms with Gasteiger partial charge in [0.25, 0.3) is 0 Å². The summed E-state index contributed by atoms with van der Waals surface area (Å²) in [4.78, 5) is 19.0. The molecule has 1 heterocycles. The average Bonchev–Trinajstić information content (AvgIpc) is 3.19. The van der Waals surface area contributed by atoms with Gasteiger partial charge in [0, 0.05) is 18.5 Å². The highest BCUT2D eigenvalue weighted by molar-refractivity contribution is 5.69. The molecule has 0 radical (unpaired) electrons. The number of amides is 1. The van der Waals surface area contributed by atoms with Gasteiger partial charge in [0.1, 0.15) is 5.82 Å². The van der Waals surface area contributed by atoms with Crippen LogP contribution in [0, 0.1) is 11.6 Å². The van der Waals surface area contributed by atoms with Gasteiger partial charge in [0.05, 0.1) is 18.5 Å². The molecule has 0 saturated heterocycles. The van der Waals surface area contributed by atoms with Crippen LogP contribution in [0.5, 0.6) is 0 Å². The Labute approximate surface area is 168 Å². The minimum Gasteiger partial charge on any atom is -0.450 e. The summed E-state index contributed by atoms with van der Waals surface area (Å²) in [5, 5.41) is 2.69. The lowest BCUT2D eigenvalue weighted by Gasteiger charge is -2.06. The molecule has 0 fully saturated rings. The van der Waals surface area contributed by atoms with Crippen LogP contribution in [0.1, 0.15) is 25.6 Å². The number of nitrogens with one attached hydrogen (secondary N) is 2. The van der Waals surface area contributed by atoms with E-state index in [4.69, 9.17) is 4.74 Å². The molecule has 3 aromatic rings. The van der Waals surface area contributed by atoms with Crippen LogP contribution in [0.2, 0.25) is 0 Å². The first kappa shape index (κ1) is 20.5. The molecule has 3 rings (SSSR count). The number of hydrogen-bond donors (Lipinski definition) is 2. The van der Waals surface area contributed by atoms with Gasteiger partial charge in [-0.25, -0.2) is 18.6 Å². The Bertz CT molecular complexity index is 955. The number of ether oxygens (including phenoxy) is 1. The third kappa shape index (κ3) is 5.40. The molecule has 0 aliphatic carbocycles. The molecule has 0 bridgehead atoms. The second kappa shape index (κ2) is 9.82. The molecule has 152 valence electrons. The van der Waals surface area contributed by atoms with E-state index in [1.165, 1.54) is 6.07 Å². The van der Waals surface area contributed by atoms with E-state index < -0.39 is 17.7 Å². The molecule has 0 saturated carbocycles. The zero-order valence-electron chi connectivity index (χ0n) is 16.2. The lowest BCUT2D eigenvalue weighted by Crippen LogP contribution is -2.27. The molecule has 0 atom stereocenters. The van der Waals surface area contributed by atoms with Crippen LogP contribution in [-0.2, 0) is 11.2 Å². The first-order valence-electron chi connectivity index (χ1n) is 9.57. The molecule has 2 aromatic carbocycles. The van der Waals surface area contributed by atoms with E-state index in [-0.39, 0.29) is 5.56 Å². The highest BCUT2D eigenvalue weighted by atomic mass is 19.2. The Balaban J connectivity index is 1.58. The second-order valence-electron chi connectivity index (χ2n) is 6.59. The van der Waals surface area contributed by atoms with Crippen LogP contribution in [0.15, 0.2) is 48.7 Å². The van der Waals surface area contributed by atoms with Gasteiger partial charge in [0.15, 0.2) is 11.6 Å². The molecule has 0 unspecified atom stereocenters. The van der Waals surface area contributed by atoms with Gasteiger partial charge >= 0.3 is 6.09 Å². The van der Waals surface area contributed by atoms with Crippen molar-refractivity contribution >= 4 is 6.09 Å². The molecule has 0 aliphatic rings. The van der Waals surface area contributed by atoms with Crippen molar-refractivity contribution in [2.45, 2.75) is 26.2 Å². The van der Waals surface area contributed by atoms with E-state index in [1.54, 1.807) is 24.4 Å². The van der Waals surface area contributed by atoms with Crippen molar-refractivity contribution in [3.63, 3.8) is 0 Å². The molecule has 5 nitrogen and oxygen atoms in total. The molecular formula is C22H23F2N3O2. The maximum Gasteiger partial charge on any atom is 0.407 e. The Morgan fingerprint density at radius 3 is 2.66 bits per heavy atom. The number of aromatic nitrogens is 2. The van der Waals surface area contributed by atoms with Crippen molar-refractivity contribution < 1.29 is 18.3 Å². The number of carbonyl (C=O) groups excluding carboxylic acids is 1. The van der Waals surface area contributed by atoms with Crippen LogP contribution in [-0.4, -0.2) is 29.2 Å². The van der Waals surface area contributed by atoms with E-state index in [9.17, 15) is 13.6 Å². The molecule has 2 N–H and O–H groups in total. The fraction of sp³-hybridized carbons (Fsp3) is 0.273. The van der Waals surface area contributed by atoms with Crippen LogP contribution < -0.4 is 5.32 Å². The van der Waals surface area contributed by atoms with Crippen LogP contribution in [0.25, 0.3) is 22.4 Å². The number of carbonyl (C=O) groups is 1. The fourth-order valence-electron chi connectivity index (χ4n) is 2.84. The topological polar surface area (TPSA) is 67.0 Å². The van der Waals surface area contributed by atoms with E-state index in [0.29, 0.717) is 25.1 Å². The van der Waals surface area contributed by atoms with Crippen molar-refractivity contribution in [3.05, 3.63) is 66.1 Å². The molecule has 0 aliphatic heterocycles. The Hall–Kier alpha value is -3.22. The normalized spacial score (nSPS) is 10.7. The van der Waals surface area contributed by atoms with Gasteiger partial charge in [-0.15, -0.1) is 0 Å². The van der Waals surface area contributed by atoms with Gasteiger partial charge in [0.2, 0.25) is 0 Å². The fourth-order valence-corrected chi connectivity index (χ4v) is 2.84. The minimum atomic E-state index is -0.868. The first-order chi connectivity index (χ1) is 14.1. The summed E-state index contributed by atoms with van der Waals surface area (Å²) in [5.41, 5.74) is 2.49. The van der Waals surface area contributed by atoms with Crippen molar-refractivity contribution in [2.75, 3.05) is 13.2 Å². The average molecular weight is 399 g/mol. The lowest BCUT2D eigenvalue weighted by molar-refractivity contribution is 0.144. The summed E-state index contributed by atoms with van der Waals surface area (Å²) in [6.45, 7) is 2.86. The second-order valence-corrected chi connectivity index (χ2v) is 6.59. The van der Waals surface area contributed by atoms with E-state index in [0.717, 1.165) is 36.0 Å². The number of aromatic amines is 1. The first-order valence-corrected chi connectivity index (χ1v) is 9.57. The maximum absolute atomic E-state index is 13.9. The number of H-pyrrole nitrogens is 1. The number of unbranched alkanes of at least 4 members (excludes halogenated alkanes) is 1. The minimum absolute atomic E-state index is 0.221. The summed E-state index contributed by atoms with van der Waals surface area (Å²) in [5.74, 6) is -0.994. The SMILES string of the molecule is CCCCOC(=O)NCCc1ncc(-c2ccc(-c3cccc(F)c3F)cc2)[nH]1. The third-order valence-corrected chi connectivity index (χ3v) is 4.45. The Morgan fingerprint density at radius 2 is 1.90 bits per heavy atom. The van der Waals surface area contributed by atoms with E-state index >= 15 is 0 Å². The smallest absolute Gasteiger partial charge is 0.407 e. The maximum atomic E-state index is 13.9. The predicted molar refractivity (Wildman–Crippen MR) is 107 cm³/mol. The Morgan fingerprint density at radius 1 is 1.14 bits per heavy atom. The van der Waals surface area contributed by atoms with E-state index in [2.05, 4.69) is 15.3 Å². The molecule has 29 heavy (non-hydrogen) atoms. The van der Waals surface area contributed by atoms with Gasteiger partial charge < -0.3 is 15.0 Å². The standard InChI is InChI=1S/C22H23F2N3O2/c1-2-3-13-29-22(28)25-12-11-20-26-14-19(27-20)16-9-7-15(8-10-16)17-5-4-6-18(23)21(17)24/h4-10,14H,2-3,11-13H2,1H3,(H,25,28)(H,26,27). The molecule has 1 amide bonds. The van der Waals surface area contributed by atoms with Crippen molar-refractivity contribution in [1.29, 1.82) is 0 Å². The lowest BCUT2D eigenvalue weighted by atomic mass is 10.0. The molecular weight excluding hydrogens is 376 g/mol. The number of rotatable bonds is 8. The zero-order chi connectivity index (χ0) is 20.6. The largest absolute Gasteiger partial charge is 0.450 e. The summed E-state index contributed by atoms with van der Waals surface area (Å²) in [6.07, 6.45) is 3.63. The predicted octanol–water partition coefficient (Wildman–Crippen LogP) is 5.09.